The van der Waals surface area contributed by atoms with Gasteiger partial charge in [-0.1, -0.05) is 12.1 Å². The van der Waals surface area contributed by atoms with Crippen LogP contribution in [0, 0.1) is 17.1 Å². The van der Waals surface area contributed by atoms with Crippen LogP contribution in [0.4, 0.5) is 4.39 Å². The van der Waals surface area contributed by atoms with Crippen molar-refractivity contribution >= 4 is 5.91 Å². The molecule has 116 valence electrons. The summed E-state index contributed by atoms with van der Waals surface area (Å²) in [5.41, 5.74) is 1.98. The van der Waals surface area contributed by atoms with Crippen molar-refractivity contribution in [3.8, 4) is 6.07 Å². The first-order valence-electron chi connectivity index (χ1n) is 7.24. The Hall–Kier alpha value is -2.94. The van der Waals surface area contributed by atoms with E-state index in [-0.39, 0.29) is 23.7 Å². The number of nitrogens with zero attached hydrogens (tertiary/aromatic N) is 2. The molecule has 0 atom stereocenters. The Morgan fingerprint density at radius 3 is 2.78 bits per heavy atom. The topological polar surface area (TPSA) is 77.0 Å². The predicted octanol–water partition coefficient (Wildman–Crippen LogP) is 1.51. The third-order valence-electron chi connectivity index (χ3n) is 3.95. The highest BCUT2D eigenvalue weighted by molar-refractivity contribution is 5.79. The number of benzene rings is 1. The molecule has 6 heteroatoms. The second kappa shape index (κ2) is 6.05. The van der Waals surface area contributed by atoms with Crippen LogP contribution >= 0.6 is 0 Å². The number of aromatic nitrogens is 1. The SMILES string of the molecule is N#Cc1cc2c([nH]c1=O)CCN(C(=O)Cc1ccc(F)cc1)C2. The zero-order valence-corrected chi connectivity index (χ0v) is 12.3. The van der Waals surface area contributed by atoms with Crippen LogP contribution < -0.4 is 5.56 Å². The number of nitriles is 1. The molecule has 1 aromatic carbocycles. The van der Waals surface area contributed by atoms with Gasteiger partial charge in [0, 0.05) is 25.2 Å². The Bertz CT molecular complexity index is 850. The molecule has 0 aliphatic carbocycles. The molecule has 0 saturated carbocycles. The van der Waals surface area contributed by atoms with Gasteiger partial charge in [0.1, 0.15) is 17.4 Å². The van der Waals surface area contributed by atoms with Crippen LogP contribution in [-0.2, 0) is 24.2 Å². The zero-order valence-electron chi connectivity index (χ0n) is 12.3. The first-order valence-corrected chi connectivity index (χ1v) is 7.24. The highest BCUT2D eigenvalue weighted by Gasteiger charge is 2.22. The maximum absolute atomic E-state index is 12.9. The summed E-state index contributed by atoms with van der Waals surface area (Å²) in [4.78, 5) is 28.4. The van der Waals surface area contributed by atoms with Gasteiger partial charge in [-0.2, -0.15) is 5.26 Å². The molecule has 0 radical (unpaired) electrons. The summed E-state index contributed by atoms with van der Waals surface area (Å²) in [5, 5.41) is 8.93. The van der Waals surface area contributed by atoms with Gasteiger partial charge in [-0.3, -0.25) is 9.59 Å². The summed E-state index contributed by atoms with van der Waals surface area (Å²) in [5.74, 6) is -0.395. The molecule has 0 unspecified atom stereocenters. The number of hydrogen-bond acceptors (Lipinski definition) is 3. The van der Waals surface area contributed by atoms with Crippen LogP contribution in [-0.4, -0.2) is 22.3 Å². The van der Waals surface area contributed by atoms with Gasteiger partial charge in [-0.05, 0) is 29.3 Å². The van der Waals surface area contributed by atoms with Gasteiger partial charge in [0.25, 0.3) is 5.56 Å². The molecule has 0 bridgehead atoms. The molecule has 1 N–H and O–H groups in total. The zero-order chi connectivity index (χ0) is 16.4. The molecule has 3 rings (SSSR count). The summed E-state index contributed by atoms with van der Waals surface area (Å²) >= 11 is 0. The molecule has 1 aromatic heterocycles. The quantitative estimate of drug-likeness (QED) is 0.913. The van der Waals surface area contributed by atoms with Crippen molar-refractivity contribution in [2.75, 3.05) is 6.54 Å². The van der Waals surface area contributed by atoms with E-state index in [4.69, 9.17) is 5.26 Å². The van der Waals surface area contributed by atoms with Crippen LogP contribution in [0.2, 0.25) is 0 Å². The number of carbonyl (C=O) groups is 1. The second-order valence-corrected chi connectivity index (χ2v) is 5.50. The fourth-order valence-electron chi connectivity index (χ4n) is 2.69. The maximum Gasteiger partial charge on any atom is 0.266 e. The lowest BCUT2D eigenvalue weighted by Crippen LogP contribution is -2.38. The lowest BCUT2D eigenvalue weighted by atomic mass is 10.0. The van der Waals surface area contributed by atoms with Crippen molar-refractivity contribution in [2.24, 2.45) is 0 Å². The number of pyridine rings is 1. The minimum absolute atomic E-state index is 0.0524. The monoisotopic (exact) mass is 311 g/mol. The van der Waals surface area contributed by atoms with Crippen molar-refractivity contribution < 1.29 is 9.18 Å². The van der Waals surface area contributed by atoms with Crippen molar-refractivity contribution in [1.29, 1.82) is 5.26 Å². The first kappa shape index (κ1) is 15.0. The standard InChI is InChI=1S/C17H14FN3O2/c18-14-3-1-11(2-4-14)7-16(22)21-6-5-15-13(10-21)8-12(9-19)17(23)20-15/h1-4,8H,5-7,10H2,(H,20,23). The number of amides is 1. The molecule has 2 aromatic rings. The summed E-state index contributed by atoms with van der Waals surface area (Å²) in [6, 6.07) is 9.25. The Morgan fingerprint density at radius 2 is 2.09 bits per heavy atom. The van der Waals surface area contributed by atoms with Crippen LogP contribution in [0.5, 0.6) is 0 Å². The number of halogens is 1. The van der Waals surface area contributed by atoms with Crippen molar-refractivity contribution in [2.45, 2.75) is 19.4 Å². The van der Waals surface area contributed by atoms with E-state index < -0.39 is 5.56 Å². The Balaban J connectivity index is 1.76. The number of nitrogens with one attached hydrogen (secondary N) is 1. The average molecular weight is 311 g/mol. The van der Waals surface area contributed by atoms with E-state index in [2.05, 4.69) is 4.98 Å². The summed E-state index contributed by atoms with van der Waals surface area (Å²) in [7, 11) is 0. The summed E-state index contributed by atoms with van der Waals surface area (Å²) in [6.45, 7) is 0.871. The molecule has 1 aliphatic heterocycles. The predicted molar refractivity (Wildman–Crippen MR) is 81.0 cm³/mol. The molecule has 23 heavy (non-hydrogen) atoms. The molecule has 5 nitrogen and oxygen atoms in total. The molecule has 0 spiro atoms. The molecular weight excluding hydrogens is 297 g/mol. The van der Waals surface area contributed by atoms with Crippen LogP contribution in [0.25, 0.3) is 0 Å². The molecule has 0 saturated heterocycles. The molecule has 1 aliphatic rings. The maximum atomic E-state index is 12.9. The van der Waals surface area contributed by atoms with E-state index >= 15 is 0 Å². The fraction of sp³-hybridized carbons (Fsp3) is 0.235. The first-order chi connectivity index (χ1) is 11.1. The Kier molecular flexibility index (Phi) is 3.94. The summed E-state index contributed by atoms with van der Waals surface area (Å²) < 4.78 is 12.9. The molecule has 1 amide bonds. The molecular formula is C17H14FN3O2. The number of fused-ring (bicyclic) bond motifs is 1. The normalized spacial score (nSPS) is 13.3. The van der Waals surface area contributed by atoms with Gasteiger partial charge < -0.3 is 9.88 Å². The highest BCUT2D eigenvalue weighted by Crippen LogP contribution is 2.18. The molecule has 0 fully saturated rings. The number of rotatable bonds is 2. The third-order valence-corrected chi connectivity index (χ3v) is 3.95. The van der Waals surface area contributed by atoms with Gasteiger partial charge in [-0.15, -0.1) is 0 Å². The molecule has 2 heterocycles. The van der Waals surface area contributed by atoms with Crippen LogP contribution in [0.1, 0.15) is 22.4 Å². The van der Waals surface area contributed by atoms with Crippen LogP contribution in [0.15, 0.2) is 35.1 Å². The smallest absolute Gasteiger partial charge is 0.266 e. The van der Waals surface area contributed by atoms with E-state index in [1.54, 1.807) is 23.1 Å². The number of carbonyl (C=O) groups excluding carboxylic acids is 1. The van der Waals surface area contributed by atoms with E-state index in [1.807, 2.05) is 6.07 Å². The van der Waals surface area contributed by atoms with E-state index in [0.717, 1.165) is 16.8 Å². The minimum atomic E-state index is -0.391. The Labute approximate surface area is 132 Å². The van der Waals surface area contributed by atoms with Gasteiger partial charge in [-0.25, -0.2) is 4.39 Å². The van der Waals surface area contributed by atoms with Crippen molar-refractivity contribution in [3.63, 3.8) is 0 Å². The largest absolute Gasteiger partial charge is 0.338 e. The van der Waals surface area contributed by atoms with Gasteiger partial charge in [0.05, 0.1) is 6.42 Å². The lowest BCUT2D eigenvalue weighted by molar-refractivity contribution is -0.131. The third kappa shape index (κ3) is 3.14. The fourth-order valence-corrected chi connectivity index (χ4v) is 2.69. The number of aromatic amines is 1. The van der Waals surface area contributed by atoms with Crippen molar-refractivity contribution in [3.05, 3.63) is 68.9 Å². The summed E-state index contributed by atoms with van der Waals surface area (Å²) in [6.07, 6.45) is 0.746. The van der Waals surface area contributed by atoms with E-state index in [9.17, 15) is 14.0 Å². The van der Waals surface area contributed by atoms with Gasteiger partial charge >= 0.3 is 0 Å². The minimum Gasteiger partial charge on any atom is -0.338 e. The average Bonchev–Trinajstić information content (AvgIpc) is 2.55. The lowest BCUT2D eigenvalue weighted by Gasteiger charge is -2.28. The highest BCUT2D eigenvalue weighted by atomic mass is 19.1. The van der Waals surface area contributed by atoms with Crippen LogP contribution in [0.3, 0.4) is 0 Å². The number of hydrogen-bond donors (Lipinski definition) is 1. The Morgan fingerprint density at radius 1 is 1.35 bits per heavy atom. The van der Waals surface area contributed by atoms with E-state index in [1.165, 1.54) is 12.1 Å². The van der Waals surface area contributed by atoms with Gasteiger partial charge in [0.2, 0.25) is 5.91 Å². The van der Waals surface area contributed by atoms with E-state index in [0.29, 0.717) is 19.5 Å². The second-order valence-electron chi connectivity index (χ2n) is 5.50. The number of H-pyrrole nitrogens is 1. The van der Waals surface area contributed by atoms with Crippen molar-refractivity contribution in [1.82, 2.24) is 9.88 Å². The van der Waals surface area contributed by atoms with Gasteiger partial charge in [0.15, 0.2) is 0 Å².